The highest BCUT2D eigenvalue weighted by atomic mass is 16.6. The van der Waals surface area contributed by atoms with Crippen LogP contribution in [0.3, 0.4) is 0 Å². The Bertz CT molecular complexity index is 599. The quantitative estimate of drug-likeness (QED) is 0.528. The molecule has 0 spiro atoms. The van der Waals surface area contributed by atoms with Crippen molar-refractivity contribution in [2.45, 2.75) is 64.2 Å². The smallest absolute Gasteiger partial charge is 0.338 e. The van der Waals surface area contributed by atoms with Crippen molar-refractivity contribution in [3.63, 3.8) is 0 Å². The van der Waals surface area contributed by atoms with Gasteiger partial charge in [0.2, 0.25) is 0 Å². The number of carbonyl (C=O) groups is 2. The number of hydrogen-bond acceptors (Lipinski definition) is 6. The third kappa shape index (κ3) is 2.89. The van der Waals surface area contributed by atoms with E-state index in [4.69, 9.17) is 9.47 Å². The lowest BCUT2D eigenvalue weighted by molar-refractivity contribution is -0.173. The van der Waals surface area contributed by atoms with Crippen molar-refractivity contribution in [1.29, 1.82) is 0 Å². The zero-order valence-electron chi connectivity index (χ0n) is 15.6. The molecule has 0 aromatic rings. The first kappa shape index (κ1) is 18.4. The van der Waals surface area contributed by atoms with Gasteiger partial charge in [-0.2, -0.15) is 0 Å². The molecule has 25 heavy (non-hydrogen) atoms. The van der Waals surface area contributed by atoms with E-state index in [0.717, 1.165) is 25.9 Å². The van der Waals surface area contributed by atoms with E-state index in [1.54, 1.807) is 19.9 Å². The van der Waals surface area contributed by atoms with Crippen LogP contribution in [0.1, 0.15) is 47.0 Å². The Labute approximate surface area is 149 Å². The van der Waals surface area contributed by atoms with E-state index < -0.39 is 17.5 Å². The molecule has 6 heteroatoms. The van der Waals surface area contributed by atoms with Crippen molar-refractivity contribution in [3.05, 3.63) is 11.6 Å². The minimum absolute atomic E-state index is 0.0938. The summed E-state index contributed by atoms with van der Waals surface area (Å²) >= 11 is 0. The molecule has 3 fully saturated rings. The second-order valence-corrected chi connectivity index (χ2v) is 8.05. The van der Waals surface area contributed by atoms with Gasteiger partial charge in [0.05, 0.1) is 12.1 Å². The van der Waals surface area contributed by atoms with Crippen molar-refractivity contribution in [2.75, 3.05) is 19.7 Å². The predicted molar refractivity (Wildman–Crippen MR) is 91.7 cm³/mol. The van der Waals surface area contributed by atoms with E-state index >= 15 is 0 Å². The van der Waals surface area contributed by atoms with Crippen LogP contribution >= 0.6 is 0 Å². The third-order valence-corrected chi connectivity index (χ3v) is 6.74. The number of carbonyl (C=O) groups excluding carboxylic acids is 2. The minimum atomic E-state index is -1.64. The van der Waals surface area contributed by atoms with Crippen molar-refractivity contribution in [3.8, 4) is 0 Å². The molecule has 140 valence electrons. The number of esters is 2. The Balaban J connectivity index is 1.94. The predicted octanol–water partition coefficient (Wildman–Crippen LogP) is 1.66. The summed E-state index contributed by atoms with van der Waals surface area (Å²) in [6.07, 6.45) is 3.49. The standard InChI is InChI=1S/C19H29NO5/c1-5-13-10-12(2)19(4,23)17(22)24-11-14-6-8-20-9-7-15(18(14,20)3)25-16(13)21/h5,12,14-15,23H,6-11H2,1-4H3/b13-5-. The topological polar surface area (TPSA) is 76.1 Å². The van der Waals surface area contributed by atoms with E-state index in [1.165, 1.54) is 6.92 Å². The van der Waals surface area contributed by atoms with Gasteiger partial charge in [-0.15, -0.1) is 0 Å². The lowest BCUT2D eigenvalue weighted by Gasteiger charge is -2.39. The molecule has 0 saturated carbocycles. The normalized spacial score (nSPS) is 44.7. The largest absolute Gasteiger partial charge is 0.463 e. The van der Waals surface area contributed by atoms with Crippen molar-refractivity contribution in [1.82, 2.24) is 4.90 Å². The number of aliphatic hydroxyl groups is 1. The van der Waals surface area contributed by atoms with Gasteiger partial charge in [-0.05, 0) is 52.5 Å². The third-order valence-electron chi connectivity index (χ3n) is 6.74. The lowest BCUT2D eigenvalue weighted by Crippen LogP contribution is -2.52. The molecule has 3 saturated heterocycles. The summed E-state index contributed by atoms with van der Waals surface area (Å²) < 4.78 is 11.4. The molecule has 0 amide bonds. The van der Waals surface area contributed by atoms with Crippen molar-refractivity contribution in [2.24, 2.45) is 11.8 Å². The van der Waals surface area contributed by atoms with Gasteiger partial charge in [-0.25, -0.2) is 9.59 Å². The molecule has 3 aliphatic rings. The SMILES string of the molecule is C/C=C1/CC(C)C(C)(O)C(=O)OCC2CCN3CCC(OC1=O)C23C. The molecule has 6 nitrogen and oxygen atoms in total. The fraction of sp³-hybridized carbons (Fsp3) is 0.789. The first-order chi connectivity index (χ1) is 11.7. The van der Waals surface area contributed by atoms with Gasteiger partial charge in [0.25, 0.3) is 0 Å². The Morgan fingerprint density at radius 2 is 1.92 bits per heavy atom. The molecule has 3 aliphatic heterocycles. The van der Waals surface area contributed by atoms with E-state index in [1.807, 2.05) is 0 Å². The van der Waals surface area contributed by atoms with Crippen molar-refractivity contribution < 1.29 is 24.2 Å². The summed E-state index contributed by atoms with van der Waals surface area (Å²) in [5.41, 5.74) is -1.45. The monoisotopic (exact) mass is 351 g/mol. The van der Waals surface area contributed by atoms with E-state index in [9.17, 15) is 14.7 Å². The Morgan fingerprint density at radius 1 is 1.24 bits per heavy atom. The molecule has 0 aromatic carbocycles. The number of nitrogens with zero attached hydrogens (tertiary/aromatic N) is 1. The summed E-state index contributed by atoms with van der Waals surface area (Å²) in [6.45, 7) is 9.15. The van der Waals surface area contributed by atoms with Gasteiger partial charge in [-0.1, -0.05) is 13.0 Å². The Kier molecular flexibility index (Phi) is 4.71. The molecule has 5 atom stereocenters. The highest BCUT2D eigenvalue weighted by molar-refractivity contribution is 5.89. The number of ether oxygens (including phenoxy) is 2. The lowest BCUT2D eigenvalue weighted by atomic mass is 9.82. The molecule has 0 radical (unpaired) electrons. The van der Waals surface area contributed by atoms with Crippen LogP contribution < -0.4 is 0 Å². The first-order valence-electron chi connectivity index (χ1n) is 9.22. The maximum absolute atomic E-state index is 12.7. The number of cyclic esters (lactones) is 1. The minimum Gasteiger partial charge on any atom is -0.463 e. The number of hydrogen-bond donors (Lipinski definition) is 1. The van der Waals surface area contributed by atoms with Crippen LogP contribution in [0.2, 0.25) is 0 Å². The van der Waals surface area contributed by atoms with Gasteiger partial charge >= 0.3 is 11.9 Å². The Hall–Kier alpha value is -1.40. The highest BCUT2D eigenvalue weighted by Gasteiger charge is 2.56. The second kappa shape index (κ2) is 6.40. The molecule has 3 heterocycles. The zero-order chi connectivity index (χ0) is 18.4. The van der Waals surface area contributed by atoms with E-state index in [-0.39, 0.29) is 36.6 Å². The fourth-order valence-electron chi connectivity index (χ4n) is 4.49. The molecule has 0 aliphatic carbocycles. The first-order valence-corrected chi connectivity index (χ1v) is 9.22. The van der Waals surface area contributed by atoms with Crippen LogP contribution in [-0.4, -0.2) is 58.9 Å². The average molecular weight is 351 g/mol. The molecule has 0 bridgehead atoms. The van der Waals surface area contributed by atoms with Gasteiger partial charge in [-0.3, -0.25) is 4.90 Å². The van der Waals surface area contributed by atoms with Crippen LogP contribution in [0, 0.1) is 11.8 Å². The van der Waals surface area contributed by atoms with Gasteiger partial charge in [0, 0.05) is 18.0 Å². The number of allylic oxidation sites excluding steroid dienone is 1. The maximum atomic E-state index is 12.7. The molecule has 0 aromatic heterocycles. The summed E-state index contributed by atoms with van der Waals surface area (Å²) in [7, 11) is 0. The van der Waals surface area contributed by atoms with Gasteiger partial charge in [0.1, 0.15) is 6.10 Å². The zero-order valence-corrected chi connectivity index (χ0v) is 15.6. The molecular weight excluding hydrogens is 322 g/mol. The van der Waals surface area contributed by atoms with Gasteiger partial charge < -0.3 is 14.6 Å². The van der Waals surface area contributed by atoms with Crippen LogP contribution in [0.5, 0.6) is 0 Å². The summed E-state index contributed by atoms with van der Waals surface area (Å²) in [5, 5.41) is 10.7. The molecule has 1 N–H and O–H groups in total. The van der Waals surface area contributed by atoms with Crippen LogP contribution in [-0.2, 0) is 19.1 Å². The summed E-state index contributed by atoms with van der Waals surface area (Å²) in [5.74, 6) is -1.30. The van der Waals surface area contributed by atoms with E-state index in [0.29, 0.717) is 5.57 Å². The second-order valence-electron chi connectivity index (χ2n) is 8.05. The number of rotatable bonds is 0. The van der Waals surface area contributed by atoms with Crippen LogP contribution in [0.4, 0.5) is 0 Å². The van der Waals surface area contributed by atoms with Gasteiger partial charge in [0.15, 0.2) is 5.60 Å². The van der Waals surface area contributed by atoms with E-state index in [2.05, 4.69) is 11.8 Å². The molecule has 5 unspecified atom stereocenters. The summed E-state index contributed by atoms with van der Waals surface area (Å²) in [4.78, 5) is 27.5. The fourth-order valence-corrected chi connectivity index (χ4v) is 4.49. The van der Waals surface area contributed by atoms with Crippen LogP contribution in [0.25, 0.3) is 0 Å². The summed E-state index contributed by atoms with van der Waals surface area (Å²) in [6, 6.07) is 0. The Morgan fingerprint density at radius 3 is 2.60 bits per heavy atom. The molecule has 3 rings (SSSR count). The molecular formula is C19H29NO5. The highest BCUT2D eigenvalue weighted by Crippen LogP contribution is 2.45. The van der Waals surface area contributed by atoms with Crippen molar-refractivity contribution >= 4 is 11.9 Å². The average Bonchev–Trinajstić information content (AvgIpc) is 3.04. The maximum Gasteiger partial charge on any atom is 0.338 e. The van der Waals surface area contributed by atoms with Crippen LogP contribution in [0.15, 0.2) is 11.6 Å².